The highest BCUT2D eigenvalue weighted by Gasteiger charge is 1.97. The van der Waals surface area contributed by atoms with Gasteiger partial charge in [0.2, 0.25) is 0 Å². The number of ether oxygens (including phenoxy) is 20. The first-order chi connectivity index (χ1) is 27.7. The summed E-state index contributed by atoms with van der Waals surface area (Å²) in [5.74, 6) is 1.46. The number of aliphatic hydroxyl groups is 2. The predicted molar refractivity (Wildman–Crippen MR) is 185 cm³/mol. The van der Waals surface area contributed by atoms with Crippen molar-refractivity contribution in [3.63, 3.8) is 0 Å². The molecule has 0 aliphatic heterocycles. The highest BCUT2D eigenvalue weighted by molar-refractivity contribution is 5.26. The first-order valence-electron chi connectivity index (χ1n) is 16.7. The van der Waals surface area contributed by atoms with E-state index in [0.717, 1.165) is 22.6 Å². The van der Waals surface area contributed by atoms with Crippen LogP contribution in [0.25, 0.3) is 0 Å². The van der Waals surface area contributed by atoms with Gasteiger partial charge in [-0.3, -0.25) is 0 Å². The fourth-order valence-corrected chi connectivity index (χ4v) is 3.05. The van der Waals surface area contributed by atoms with Crippen molar-refractivity contribution in [3.8, 4) is 11.5 Å². The molecule has 22 nitrogen and oxygen atoms in total. The molecular weight excluding hydrogens is 760 g/mol. The average Bonchev–Trinajstić information content (AvgIpc) is 3.21. The second kappa shape index (κ2) is 41.9. The van der Waals surface area contributed by atoms with Crippen molar-refractivity contribution in [2.24, 2.45) is 0 Å². The second-order valence-corrected chi connectivity index (χ2v) is 9.97. The molecule has 0 saturated heterocycles. The van der Waals surface area contributed by atoms with Crippen LogP contribution in [0.2, 0.25) is 0 Å². The molecule has 324 valence electrons. The van der Waals surface area contributed by atoms with Crippen molar-refractivity contribution in [2.45, 2.75) is 13.8 Å². The van der Waals surface area contributed by atoms with Crippen molar-refractivity contribution in [1.29, 1.82) is 0 Å². The molecule has 2 rings (SSSR count). The van der Waals surface area contributed by atoms with E-state index in [9.17, 15) is 0 Å². The molecule has 2 aromatic rings. The SMILES string of the molecule is Cc1ccc(OCOCOCOCOCOCOCOCOCOCO)cc1.Cc1ccc(OCOCOCOCOCOCOCOCOCOCO)cc1. The zero-order valence-corrected chi connectivity index (χ0v) is 31.8. The first kappa shape index (κ1) is 51.3. The van der Waals surface area contributed by atoms with Gasteiger partial charge in [0.1, 0.15) is 25.1 Å². The van der Waals surface area contributed by atoms with Crippen LogP contribution in [0.5, 0.6) is 11.5 Å². The van der Waals surface area contributed by atoms with Crippen LogP contribution in [0.15, 0.2) is 48.5 Å². The van der Waals surface area contributed by atoms with Crippen LogP contribution < -0.4 is 9.47 Å². The summed E-state index contributed by atoms with van der Waals surface area (Å²) >= 11 is 0. The second-order valence-electron chi connectivity index (χ2n) is 9.97. The third-order valence-electron chi connectivity index (χ3n) is 5.51. The molecule has 0 aromatic heterocycles. The minimum Gasteiger partial charge on any atom is -0.467 e. The molecule has 0 heterocycles. The van der Waals surface area contributed by atoms with E-state index < -0.39 is 13.6 Å². The minimum atomic E-state index is -0.405. The van der Waals surface area contributed by atoms with Crippen molar-refractivity contribution in [2.75, 3.05) is 136 Å². The van der Waals surface area contributed by atoms with Gasteiger partial charge in [0.05, 0.1) is 0 Å². The van der Waals surface area contributed by atoms with Gasteiger partial charge in [-0.1, -0.05) is 35.4 Å². The van der Waals surface area contributed by atoms with Crippen molar-refractivity contribution in [3.05, 3.63) is 59.7 Å². The molecule has 2 N–H and O–H groups in total. The summed E-state index contributed by atoms with van der Waals surface area (Å²) in [5.41, 5.74) is 2.32. The lowest BCUT2D eigenvalue weighted by atomic mass is 10.2. The van der Waals surface area contributed by atoms with E-state index in [1.807, 2.05) is 62.4 Å². The summed E-state index contributed by atoms with van der Waals surface area (Å²) in [6.07, 6.45) is 0. The van der Waals surface area contributed by atoms with Crippen LogP contribution in [0, 0.1) is 13.8 Å². The summed E-state index contributed by atoms with van der Waals surface area (Å²) < 4.78 is 99.8. The molecule has 0 spiro atoms. The van der Waals surface area contributed by atoms with Gasteiger partial charge >= 0.3 is 0 Å². The van der Waals surface area contributed by atoms with Crippen LogP contribution in [-0.4, -0.2) is 146 Å². The Hall–Kier alpha value is -2.76. The molecule has 22 heteroatoms. The largest absolute Gasteiger partial charge is 0.467 e. The number of hydrogen-bond donors (Lipinski definition) is 2. The Labute approximate surface area is 325 Å². The lowest BCUT2D eigenvalue weighted by molar-refractivity contribution is -0.230. The van der Waals surface area contributed by atoms with E-state index in [4.69, 9.17) is 95.5 Å². The van der Waals surface area contributed by atoms with Crippen LogP contribution in [0.3, 0.4) is 0 Å². The molecule has 0 radical (unpaired) electrons. The van der Waals surface area contributed by atoms with Gasteiger partial charge < -0.3 is 105 Å². The van der Waals surface area contributed by atoms with Gasteiger partial charge in [-0.2, -0.15) is 0 Å². The number of hydrogen-bond acceptors (Lipinski definition) is 22. The first-order valence-corrected chi connectivity index (χ1v) is 16.7. The standard InChI is InChI=1S/2C17H28O11/c2*1-16-2-4-17(5-3-16)28-15-27-14-26-13-25-12-24-11-23-10-22-9-21-8-20-7-19-6-18/h2*2-5,18H,6-15H2,1H3. The van der Waals surface area contributed by atoms with E-state index in [1.54, 1.807) is 0 Å². The Kier molecular flexibility index (Phi) is 38.3. The van der Waals surface area contributed by atoms with E-state index in [1.165, 1.54) is 0 Å². The topological polar surface area (TPSA) is 225 Å². The monoisotopic (exact) mass is 816 g/mol. The van der Waals surface area contributed by atoms with Crippen LogP contribution in [0.4, 0.5) is 0 Å². The summed E-state index contributed by atoms with van der Waals surface area (Å²) in [5, 5.41) is 16.6. The summed E-state index contributed by atoms with van der Waals surface area (Å²) in [7, 11) is 0. The maximum Gasteiger partial charge on any atom is 0.191 e. The van der Waals surface area contributed by atoms with Crippen molar-refractivity contribution in [1.82, 2.24) is 0 Å². The summed E-state index contributed by atoms with van der Waals surface area (Å²) in [6.45, 7) is 3.19. The molecular formula is C34H56O22. The number of benzene rings is 2. The van der Waals surface area contributed by atoms with Crippen LogP contribution in [0.1, 0.15) is 11.1 Å². The third kappa shape index (κ3) is 36.9. The smallest absolute Gasteiger partial charge is 0.191 e. The number of rotatable bonds is 40. The normalized spacial score (nSPS) is 11.1. The predicted octanol–water partition coefficient (Wildman–Crippen LogP) is 2.18. The molecule has 56 heavy (non-hydrogen) atoms. The van der Waals surface area contributed by atoms with Gasteiger partial charge in [0.25, 0.3) is 0 Å². The number of aryl methyl sites for hydroxylation is 2. The minimum absolute atomic E-state index is 0.00490. The van der Waals surface area contributed by atoms with E-state index in [2.05, 4.69) is 9.47 Å². The Balaban J connectivity index is 0.000000560. The zero-order chi connectivity index (χ0) is 40.3. The van der Waals surface area contributed by atoms with Gasteiger partial charge in [-0.15, -0.1) is 0 Å². The number of aliphatic hydroxyl groups excluding tert-OH is 2. The maximum absolute atomic E-state index is 8.32. The molecule has 0 aliphatic rings. The molecule has 0 aliphatic carbocycles. The Morgan fingerprint density at radius 1 is 0.268 bits per heavy atom. The molecule has 0 amide bonds. The lowest BCUT2D eigenvalue weighted by Gasteiger charge is -2.09. The van der Waals surface area contributed by atoms with Crippen LogP contribution >= 0.6 is 0 Å². The van der Waals surface area contributed by atoms with Gasteiger partial charge in [-0.25, -0.2) is 0 Å². The highest BCUT2D eigenvalue weighted by Crippen LogP contribution is 2.12. The quantitative estimate of drug-likeness (QED) is 0.0726. The fourth-order valence-electron chi connectivity index (χ4n) is 3.05. The summed E-state index contributed by atoms with van der Waals surface area (Å²) in [4.78, 5) is 0. The Morgan fingerprint density at radius 2 is 0.446 bits per heavy atom. The van der Waals surface area contributed by atoms with Gasteiger partial charge in [0, 0.05) is 0 Å². The molecule has 0 bridgehead atoms. The van der Waals surface area contributed by atoms with E-state index in [-0.39, 0.29) is 122 Å². The Morgan fingerprint density at radius 3 is 0.643 bits per heavy atom. The highest BCUT2D eigenvalue weighted by atomic mass is 16.8. The van der Waals surface area contributed by atoms with Crippen LogP contribution in [-0.2, 0) is 85.3 Å². The molecule has 2 aromatic carbocycles. The average molecular weight is 817 g/mol. The zero-order valence-electron chi connectivity index (χ0n) is 31.8. The maximum atomic E-state index is 8.32. The lowest BCUT2D eigenvalue weighted by Crippen LogP contribution is -2.12. The Bertz CT molecular complexity index is 970. The van der Waals surface area contributed by atoms with Crippen molar-refractivity contribution >= 4 is 0 Å². The summed E-state index contributed by atoms with van der Waals surface area (Å²) in [6, 6.07) is 15.3. The van der Waals surface area contributed by atoms with Gasteiger partial charge in [-0.05, 0) is 38.1 Å². The fraction of sp³-hybridized carbons (Fsp3) is 0.647. The van der Waals surface area contributed by atoms with E-state index >= 15 is 0 Å². The molecule has 0 atom stereocenters. The molecule has 0 fully saturated rings. The molecule has 0 saturated carbocycles. The van der Waals surface area contributed by atoms with Gasteiger partial charge in [0.15, 0.2) is 122 Å². The van der Waals surface area contributed by atoms with E-state index in [0.29, 0.717) is 0 Å². The molecule has 0 unspecified atom stereocenters. The van der Waals surface area contributed by atoms with Crippen molar-refractivity contribution < 1.29 is 105 Å². The third-order valence-corrected chi connectivity index (χ3v) is 5.51.